The highest BCUT2D eigenvalue weighted by Gasteiger charge is 2.54. The fourth-order valence-corrected chi connectivity index (χ4v) is 6.84. The Morgan fingerprint density at radius 3 is 2.17 bits per heavy atom. The summed E-state index contributed by atoms with van der Waals surface area (Å²) in [6.45, 7) is 3.53. The van der Waals surface area contributed by atoms with Gasteiger partial charge < -0.3 is 15.4 Å². The van der Waals surface area contributed by atoms with E-state index in [9.17, 15) is 14.4 Å². The molecule has 0 aromatic carbocycles. The third-order valence-electron chi connectivity index (χ3n) is 8.02. The molecule has 29 heavy (non-hydrogen) atoms. The summed E-state index contributed by atoms with van der Waals surface area (Å²) in [7, 11) is 0. The molecule has 3 atom stereocenters. The molecule has 0 radical (unpaired) electrons. The first kappa shape index (κ1) is 20.7. The molecule has 2 N–H and O–H groups in total. The van der Waals surface area contributed by atoms with Crippen LogP contribution in [0, 0.1) is 29.1 Å². The normalized spacial score (nSPS) is 38.9. The van der Waals surface area contributed by atoms with Gasteiger partial charge in [0.2, 0.25) is 5.91 Å². The third kappa shape index (κ3) is 4.46. The van der Waals surface area contributed by atoms with E-state index in [2.05, 4.69) is 17.6 Å². The Bertz CT molecular complexity index is 626. The van der Waals surface area contributed by atoms with Crippen molar-refractivity contribution < 1.29 is 19.1 Å². The molecule has 0 aromatic heterocycles. The van der Waals surface area contributed by atoms with Crippen LogP contribution in [-0.4, -0.2) is 36.5 Å². The molecule has 5 aliphatic rings. The van der Waals surface area contributed by atoms with Crippen LogP contribution in [0.3, 0.4) is 0 Å². The first-order chi connectivity index (χ1) is 13.8. The van der Waals surface area contributed by atoms with Gasteiger partial charge in [0.15, 0.2) is 6.61 Å². The van der Waals surface area contributed by atoms with Crippen LogP contribution in [0.2, 0.25) is 0 Å². The maximum atomic E-state index is 13.1. The van der Waals surface area contributed by atoms with Crippen molar-refractivity contribution in [3.63, 3.8) is 0 Å². The Kier molecular flexibility index (Phi) is 5.90. The summed E-state index contributed by atoms with van der Waals surface area (Å²) < 4.78 is 5.20. The number of esters is 1. The Morgan fingerprint density at radius 2 is 1.59 bits per heavy atom. The van der Waals surface area contributed by atoms with Crippen molar-refractivity contribution in [2.75, 3.05) is 6.61 Å². The molecule has 6 nitrogen and oxygen atoms in total. The summed E-state index contributed by atoms with van der Waals surface area (Å²) in [6.07, 6.45) is 11.2. The van der Waals surface area contributed by atoms with E-state index in [1.165, 1.54) is 25.7 Å². The predicted octanol–water partition coefficient (Wildman–Crippen LogP) is 2.95. The maximum absolute atomic E-state index is 13.1. The van der Waals surface area contributed by atoms with E-state index >= 15 is 0 Å². The van der Waals surface area contributed by atoms with Crippen molar-refractivity contribution in [1.82, 2.24) is 10.6 Å². The second-order valence-electron chi connectivity index (χ2n) is 10.4. The van der Waals surface area contributed by atoms with E-state index in [4.69, 9.17) is 4.74 Å². The van der Waals surface area contributed by atoms with E-state index in [0.717, 1.165) is 38.5 Å². The van der Waals surface area contributed by atoms with Crippen molar-refractivity contribution in [1.29, 1.82) is 0 Å². The average molecular weight is 405 g/mol. The van der Waals surface area contributed by atoms with Gasteiger partial charge in [0, 0.05) is 11.5 Å². The SMILES string of the molecule is C[C@H](NC(=O)C12CC3CC(CC(C3)C1)C2)C(=O)OCC(=O)N[C@@H]1CCCC[C@H]1C. The molecule has 5 aliphatic carbocycles. The summed E-state index contributed by atoms with van der Waals surface area (Å²) in [5.74, 6) is 1.73. The van der Waals surface area contributed by atoms with Gasteiger partial charge in [0.25, 0.3) is 5.91 Å². The lowest BCUT2D eigenvalue weighted by molar-refractivity contribution is -0.155. The number of carbonyl (C=O) groups is 3. The molecule has 4 bridgehead atoms. The minimum absolute atomic E-state index is 0.0153. The molecule has 5 saturated carbocycles. The molecule has 0 heterocycles. The topological polar surface area (TPSA) is 84.5 Å². The first-order valence-corrected chi connectivity index (χ1v) is 11.6. The van der Waals surface area contributed by atoms with Crippen molar-refractivity contribution in [3.8, 4) is 0 Å². The molecule has 6 heteroatoms. The summed E-state index contributed by atoms with van der Waals surface area (Å²) in [6, 6.07) is -0.555. The Hall–Kier alpha value is -1.59. The van der Waals surface area contributed by atoms with Crippen molar-refractivity contribution in [2.45, 2.75) is 90.1 Å². The van der Waals surface area contributed by atoms with Crippen LogP contribution in [0.1, 0.15) is 78.1 Å². The van der Waals surface area contributed by atoms with Crippen LogP contribution in [-0.2, 0) is 19.1 Å². The molecule has 162 valence electrons. The zero-order chi connectivity index (χ0) is 20.6. The van der Waals surface area contributed by atoms with Crippen LogP contribution >= 0.6 is 0 Å². The van der Waals surface area contributed by atoms with Crippen LogP contribution in [0.25, 0.3) is 0 Å². The second kappa shape index (κ2) is 8.27. The van der Waals surface area contributed by atoms with Gasteiger partial charge in [-0.1, -0.05) is 19.8 Å². The standard InChI is InChI=1S/C23H36N2O4/c1-14-5-3-4-6-19(14)25-20(26)13-29-21(27)15(2)24-22(28)23-10-16-7-17(11-23)9-18(8-16)12-23/h14-19H,3-13H2,1-2H3,(H,24,28)(H,25,26)/t14-,15+,16?,17?,18?,19-,23?/m1/s1. The lowest BCUT2D eigenvalue weighted by Crippen LogP contribution is -2.56. The van der Waals surface area contributed by atoms with Gasteiger partial charge in [-0.05, 0) is 82.0 Å². The van der Waals surface area contributed by atoms with Gasteiger partial charge in [-0.25, -0.2) is 4.79 Å². The molecule has 2 amide bonds. The van der Waals surface area contributed by atoms with Crippen molar-refractivity contribution >= 4 is 17.8 Å². The first-order valence-electron chi connectivity index (χ1n) is 11.6. The van der Waals surface area contributed by atoms with Crippen molar-refractivity contribution in [3.05, 3.63) is 0 Å². The van der Waals surface area contributed by atoms with E-state index in [1.807, 2.05) is 0 Å². The zero-order valence-electron chi connectivity index (χ0n) is 17.9. The minimum atomic E-state index is -0.725. The fourth-order valence-electron chi connectivity index (χ4n) is 6.84. The van der Waals surface area contributed by atoms with Crippen LogP contribution in [0.4, 0.5) is 0 Å². The average Bonchev–Trinajstić information content (AvgIpc) is 2.66. The van der Waals surface area contributed by atoms with Crippen LogP contribution < -0.4 is 10.6 Å². The molecule has 0 saturated heterocycles. The molecule has 0 aliphatic heterocycles. The highest BCUT2D eigenvalue weighted by Crippen LogP contribution is 2.60. The van der Waals surface area contributed by atoms with Gasteiger partial charge in [-0.3, -0.25) is 9.59 Å². The summed E-state index contributed by atoms with van der Waals surface area (Å²) >= 11 is 0. The lowest BCUT2D eigenvalue weighted by atomic mass is 9.49. The van der Waals surface area contributed by atoms with Crippen LogP contribution in [0.15, 0.2) is 0 Å². The fraction of sp³-hybridized carbons (Fsp3) is 0.870. The number of amides is 2. The highest BCUT2D eigenvalue weighted by molar-refractivity contribution is 5.89. The smallest absolute Gasteiger partial charge is 0.328 e. The second-order valence-corrected chi connectivity index (χ2v) is 10.4. The van der Waals surface area contributed by atoms with E-state index in [-0.39, 0.29) is 29.9 Å². The van der Waals surface area contributed by atoms with Crippen molar-refractivity contribution in [2.24, 2.45) is 29.1 Å². The predicted molar refractivity (Wildman–Crippen MR) is 109 cm³/mol. The highest BCUT2D eigenvalue weighted by atomic mass is 16.5. The lowest BCUT2D eigenvalue weighted by Gasteiger charge is -2.55. The summed E-state index contributed by atoms with van der Waals surface area (Å²) in [5, 5.41) is 5.89. The van der Waals surface area contributed by atoms with Gasteiger partial charge in [-0.15, -0.1) is 0 Å². The number of hydrogen-bond donors (Lipinski definition) is 2. The number of rotatable bonds is 6. The molecule has 0 spiro atoms. The number of hydrogen-bond acceptors (Lipinski definition) is 4. The molecule has 0 unspecified atom stereocenters. The van der Waals surface area contributed by atoms with E-state index < -0.39 is 12.0 Å². The quantitative estimate of drug-likeness (QED) is 0.667. The van der Waals surface area contributed by atoms with E-state index in [1.54, 1.807) is 6.92 Å². The Balaban J connectivity index is 1.23. The monoisotopic (exact) mass is 404 g/mol. The molecule has 5 rings (SSSR count). The van der Waals surface area contributed by atoms with Crippen LogP contribution in [0.5, 0.6) is 0 Å². The number of ether oxygens (including phenoxy) is 1. The number of carbonyl (C=O) groups excluding carboxylic acids is 3. The largest absolute Gasteiger partial charge is 0.454 e. The summed E-state index contributed by atoms with van der Waals surface area (Å²) in [4.78, 5) is 37.6. The molecule has 5 fully saturated rings. The van der Waals surface area contributed by atoms with Gasteiger partial charge in [0.1, 0.15) is 6.04 Å². The molecular formula is C23H36N2O4. The number of nitrogens with one attached hydrogen (secondary N) is 2. The molecular weight excluding hydrogens is 368 g/mol. The summed E-state index contributed by atoms with van der Waals surface area (Å²) in [5.41, 5.74) is -0.280. The zero-order valence-corrected chi connectivity index (χ0v) is 17.9. The van der Waals surface area contributed by atoms with Gasteiger partial charge in [0.05, 0.1) is 0 Å². The Morgan fingerprint density at radius 1 is 1.00 bits per heavy atom. The third-order valence-corrected chi connectivity index (χ3v) is 8.02. The Labute approximate surface area is 173 Å². The maximum Gasteiger partial charge on any atom is 0.328 e. The van der Waals surface area contributed by atoms with Gasteiger partial charge in [-0.2, -0.15) is 0 Å². The van der Waals surface area contributed by atoms with E-state index in [0.29, 0.717) is 23.7 Å². The minimum Gasteiger partial charge on any atom is -0.454 e. The molecule has 0 aromatic rings. The van der Waals surface area contributed by atoms with Gasteiger partial charge >= 0.3 is 5.97 Å².